The van der Waals surface area contributed by atoms with Crippen molar-refractivity contribution in [2.24, 2.45) is 0 Å². The second-order valence-electron chi connectivity index (χ2n) is 6.42. The van der Waals surface area contributed by atoms with Gasteiger partial charge in [0.05, 0.1) is 20.6 Å². The zero-order valence-corrected chi connectivity index (χ0v) is 15.7. The standard InChI is InChI=1S/C17H33N2Si/c1-19(2,15-17-11-7-6-8-12-17)14-10-5-3-4-9-13-18-16-20/h6-8,11-12,18H,3-5,9-10,13-16H2,1-2,20H3/q+1. The average molecular weight is 294 g/mol. The lowest BCUT2D eigenvalue weighted by Gasteiger charge is -2.30. The van der Waals surface area contributed by atoms with E-state index in [1.807, 2.05) is 0 Å². The lowest BCUT2D eigenvalue weighted by atomic mass is 10.1. The number of unbranched alkanes of at least 4 members (excludes halogenated alkanes) is 4. The smallest absolute Gasteiger partial charge is 0.104 e. The Kier molecular flexibility index (Phi) is 8.82. The number of benzene rings is 1. The summed E-state index contributed by atoms with van der Waals surface area (Å²) in [6, 6.07) is 10.9. The molecule has 0 radical (unpaired) electrons. The van der Waals surface area contributed by atoms with Crippen LogP contribution in [-0.2, 0) is 6.54 Å². The number of nitrogens with zero attached hydrogens (tertiary/aromatic N) is 1. The van der Waals surface area contributed by atoms with Gasteiger partial charge in [-0.1, -0.05) is 43.2 Å². The normalized spacial score (nSPS) is 11.9. The summed E-state index contributed by atoms with van der Waals surface area (Å²) in [6.45, 7) is 3.65. The highest BCUT2D eigenvalue weighted by Gasteiger charge is 2.14. The molecule has 3 heteroatoms. The maximum atomic E-state index is 3.45. The van der Waals surface area contributed by atoms with E-state index < -0.39 is 0 Å². The fourth-order valence-corrected chi connectivity index (χ4v) is 3.01. The predicted octanol–water partition coefficient (Wildman–Crippen LogP) is 2.13. The van der Waals surface area contributed by atoms with Crippen molar-refractivity contribution < 1.29 is 4.48 Å². The van der Waals surface area contributed by atoms with Gasteiger partial charge in [-0.25, -0.2) is 0 Å². The summed E-state index contributed by atoms with van der Waals surface area (Å²) in [5.41, 5.74) is 1.45. The fraction of sp³-hybridized carbons (Fsp3) is 0.647. The minimum Gasteiger partial charge on any atom is -0.325 e. The van der Waals surface area contributed by atoms with Gasteiger partial charge in [-0.15, -0.1) is 0 Å². The van der Waals surface area contributed by atoms with Crippen molar-refractivity contribution in [2.75, 3.05) is 33.4 Å². The molecular formula is C17H33N2Si+. The Morgan fingerprint density at radius 3 is 2.30 bits per heavy atom. The molecule has 0 spiro atoms. The SMILES string of the molecule is C[N+](C)(CCCCCCCNC[SiH3])Cc1ccccc1. The summed E-state index contributed by atoms with van der Waals surface area (Å²) in [5, 5.41) is 3.45. The number of rotatable bonds is 11. The first-order valence-corrected chi connectivity index (χ1v) is 9.62. The van der Waals surface area contributed by atoms with Gasteiger partial charge in [0.25, 0.3) is 0 Å². The molecule has 2 nitrogen and oxygen atoms in total. The molecule has 0 aliphatic heterocycles. The number of hydrogen-bond acceptors (Lipinski definition) is 1. The van der Waals surface area contributed by atoms with Gasteiger partial charge in [0, 0.05) is 15.8 Å². The molecule has 0 aliphatic rings. The highest BCUT2D eigenvalue weighted by Crippen LogP contribution is 2.12. The lowest BCUT2D eigenvalue weighted by Crippen LogP contribution is -2.39. The van der Waals surface area contributed by atoms with Crippen molar-refractivity contribution in [1.29, 1.82) is 0 Å². The van der Waals surface area contributed by atoms with Crippen LogP contribution in [0.2, 0.25) is 0 Å². The Hall–Kier alpha value is -0.643. The maximum absolute atomic E-state index is 3.45. The summed E-state index contributed by atoms with van der Waals surface area (Å²) in [4.78, 5) is 0. The number of nitrogens with one attached hydrogen (secondary N) is 1. The van der Waals surface area contributed by atoms with E-state index in [0.717, 1.165) is 11.0 Å². The molecule has 20 heavy (non-hydrogen) atoms. The zero-order valence-electron chi connectivity index (χ0n) is 13.7. The number of hydrogen-bond donors (Lipinski definition) is 1. The molecule has 1 N–H and O–H groups in total. The van der Waals surface area contributed by atoms with Crippen LogP contribution in [0.1, 0.15) is 37.7 Å². The topological polar surface area (TPSA) is 12.0 Å². The monoisotopic (exact) mass is 293 g/mol. The van der Waals surface area contributed by atoms with Gasteiger partial charge in [-0.3, -0.25) is 0 Å². The minimum atomic E-state index is 1.10. The molecule has 114 valence electrons. The third kappa shape index (κ3) is 8.51. The molecule has 0 fully saturated rings. The minimum absolute atomic E-state index is 1.10. The fourth-order valence-electron chi connectivity index (χ4n) is 2.65. The van der Waals surface area contributed by atoms with Crippen LogP contribution >= 0.6 is 0 Å². The van der Waals surface area contributed by atoms with E-state index in [2.05, 4.69) is 49.7 Å². The van der Waals surface area contributed by atoms with Crippen LogP contribution in [0.15, 0.2) is 30.3 Å². The molecule has 0 amide bonds. The first-order valence-electron chi connectivity index (χ1n) is 8.21. The second-order valence-corrected chi connectivity index (χ2v) is 7.13. The van der Waals surface area contributed by atoms with Crippen molar-refractivity contribution in [3.05, 3.63) is 35.9 Å². The average Bonchev–Trinajstić information content (AvgIpc) is 2.42. The van der Waals surface area contributed by atoms with Gasteiger partial charge in [0.1, 0.15) is 6.54 Å². The zero-order chi connectivity index (χ0) is 14.7. The summed E-state index contributed by atoms with van der Waals surface area (Å²) in [6.07, 6.45) is 8.12. The van der Waals surface area contributed by atoms with E-state index in [9.17, 15) is 0 Å². The third-order valence-corrected chi connectivity index (χ3v) is 4.32. The van der Waals surface area contributed by atoms with E-state index in [1.165, 1.54) is 67.2 Å². The molecule has 0 saturated heterocycles. The second kappa shape index (κ2) is 10.1. The van der Waals surface area contributed by atoms with Gasteiger partial charge in [-0.05, 0) is 32.0 Å². The predicted molar refractivity (Wildman–Crippen MR) is 93.0 cm³/mol. The molecule has 0 heterocycles. The highest BCUT2D eigenvalue weighted by molar-refractivity contribution is 6.08. The quantitative estimate of drug-likeness (QED) is 0.374. The van der Waals surface area contributed by atoms with Crippen LogP contribution in [0.25, 0.3) is 0 Å². The van der Waals surface area contributed by atoms with E-state index in [4.69, 9.17) is 0 Å². The summed E-state index contributed by atoms with van der Waals surface area (Å²) in [7, 11) is 5.98. The van der Waals surface area contributed by atoms with Gasteiger partial charge in [0.15, 0.2) is 0 Å². The first-order chi connectivity index (χ1) is 9.64. The highest BCUT2D eigenvalue weighted by atomic mass is 28.1. The van der Waals surface area contributed by atoms with Crippen LogP contribution in [0.5, 0.6) is 0 Å². The van der Waals surface area contributed by atoms with Crippen molar-refractivity contribution in [3.8, 4) is 0 Å². The Balaban J connectivity index is 2.08. The molecule has 0 aliphatic carbocycles. The third-order valence-electron chi connectivity index (χ3n) is 3.82. The van der Waals surface area contributed by atoms with Crippen molar-refractivity contribution in [1.82, 2.24) is 5.32 Å². The van der Waals surface area contributed by atoms with E-state index in [1.54, 1.807) is 0 Å². The van der Waals surface area contributed by atoms with Gasteiger partial charge in [0.2, 0.25) is 0 Å². The van der Waals surface area contributed by atoms with Crippen molar-refractivity contribution in [3.63, 3.8) is 0 Å². The van der Waals surface area contributed by atoms with Crippen molar-refractivity contribution >= 4 is 10.2 Å². The van der Waals surface area contributed by atoms with Crippen LogP contribution < -0.4 is 5.32 Å². The molecule has 0 atom stereocenters. The molecule has 1 rings (SSSR count). The Morgan fingerprint density at radius 1 is 0.950 bits per heavy atom. The van der Waals surface area contributed by atoms with Crippen LogP contribution in [0.4, 0.5) is 0 Å². The largest absolute Gasteiger partial charge is 0.325 e. The van der Waals surface area contributed by atoms with Crippen LogP contribution in [0, 0.1) is 0 Å². The molecule has 0 unspecified atom stereocenters. The first kappa shape index (κ1) is 17.4. The molecule has 1 aromatic rings. The van der Waals surface area contributed by atoms with Gasteiger partial charge >= 0.3 is 0 Å². The molecule has 0 aromatic heterocycles. The lowest BCUT2D eigenvalue weighted by molar-refractivity contribution is -0.903. The molecular weight excluding hydrogens is 260 g/mol. The van der Waals surface area contributed by atoms with Crippen LogP contribution in [0.3, 0.4) is 0 Å². The summed E-state index contributed by atoms with van der Waals surface area (Å²) < 4.78 is 1.10. The Labute approximate surface area is 128 Å². The van der Waals surface area contributed by atoms with Gasteiger partial charge in [-0.2, -0.15) is 0 Å². The van der Waals surface area contributed by atoms with E-state index in [-0.39, 0.29) is 0 Å². The van der Waals surface area contributed by atoms with E-state index in [0.29, 0.717) is 0 Å². The van der Waals surface area contributed by atoms with Crippen LogP contribution in [-0.4, -0.2) is 48.1 Å². The van der Waals surface area contributed by atoms with Gasteiger partial charge < -0.3 is 9.80 Å². The Morgan fingerprint density at radius 2 is 1.60 bits per heavy atom. The van der Waals surface area contributed by atoms with Crippen molar-refractivity contribution in [2.45, 2.75) is 38.6 Å². The Bertz CT molecular complexity index is 338. The molecule has 0 saturated carbocycles. The maximum Gasteiger partial charge on any atom is 0.104 e. The summed E-state index contributed by atoms with van der Waals surface area (Å²) in [5.74, 6) is 0. The molecule has 0 bridgehead atoms. The number of quaternary nitrogens is 1. The molecule has 1 aromatic carbocycles. The van der Waals surface area contributed by atoms with E-state index >= 15 is 0 Å². The summed E-state index contributed by atoms with van der Waals surface area (Å²) >= 11 is 0.